The van der Waals surface area contributed by atoms with Crippen LogP contribution in [0.4, 0.5) is 0 Å². The largest absolute Gasteiger partial charge is 0.356 e. The number of aromatic nitrogens is 1. The Hall–Kier alpha value is -0.420. The number of hydrogen-bond acceptors (Lipinski definition) is 3. The van der Waals surface area contributed by atoms with Gasteiger partial charge in [0.15, 0.2) is 0 Å². The number of carbonyl (C=O) groups excluding carboxylic acids is 1. The lowest BCUT2D eigenvalue weighted by Gasteiger charge is -2.00. The molecule has 0 spiro atoms. The molecule has 1 amide bonds. The molecule has 0 radical (unpaired) electrons. The first-order chi connectivity index (χ1) is 6.33. The van der Waals surface area contributed by atoms with Crippen LogP contribution in [0.5, 0.6) is 0 Å². The number of nitrogens with one attached hydrogen (secondary N) is 1. The predicted octanol–water partition coefficient (Wildman–Crippen LogP) is 1.59. The molecule has 0 saturated heterocycles. The van der Waals surface area contributed by atoms with E-state index in [1.807, 2.05) is 5.38 Å². The van der Waals surface area contributed by atoms with Gasteiger partial charge < -0.3 is 5.32 Å². The maximum absolute atomic E-state index is 11.0. The van der Waals surface area contributed by atoms with E-state index >= 15 is 0 Å². The number of amides is 1. The number of alkyl halides is 1. The lowest BCUT2D eigenvalue weighted by atomic mass is 10.4. The number of thiazole rings is 1. The Bertz CT molecular complexity index is 251. The second-order valence-electron chi connectivity index (χ2n) is 2.46. The molecule has 0 aliphatic heterocycles. The van der Waals surface area contributed by atoms with Crippen LogP contribution in [0.25, 0.3) is 0 Å². The molecule has 1 N–H and O–H groups in total. The van der Waals surface area contributed by atoms with Gasteiger partial charge in [0.25, 0.3) is 0 Å². The van der Waals surface area contributed by atoms with Crippen molar-refractivity contribution in [3.63, 3.8) is 0 Å². The fourth-order valence-corrected chi connectivity index (χ4v) is 1.84. The van der Waals surface area contributed by atoms with Crippen molar-refractivity contribution in [2.75, 3.05) is 11.9 Å². The summed E-state index contributed by atoms with van der Waals surface area (Å²) in [6.07, 6.45) is 3.14. The lowest BCUT2D eigenvalue weighted by Crippen LogP contribution is -2.25. The predicted molar refractivity (Wildman–Crippen MR) is 57.2 cm³/mol. The van der Waals surface area contributed by atoms with E-state index < -0.39 is 0 Å². The summed E-state index contributed by atoms with van der Waals surface area (Å²) in [6.45, 7) is 0.680. The molecule has 13 heavy (non-hydrogen) atoms. The smallest absolute Gasteiger partial charge is 0.220 e. The van der Waals surface area contributed by atoms with Gasteiger partial charge in [-0.2, -0.15) is 0 Å². The van der Waals surface area contributed by atoms with E-state index in [2.05, 4.69) is 26.2 Å². The van der Waals surface area contributed by atoms with E-state index in [4.69, 9.17) is 0 Å². The summed E-state index contributed by atoms with van der Waals surface area (Å²) in [5, 5.41) is 6.55. The van der Waals surface area contributed by atoms with Gasteiger partial charge in [-0.05, 0) is 0 Å². The van der Waals surface area contributed by atoms with Crippen LogP contribution in [0.15, 0.2) is 11.6 Å². The Morgan fingerprint density at radius 2 is 2.54 bits per heavy atom. The molecule has 0 aliphatic carbocycles. The molecule has 0 unspecified atom stereocenters. The van der Waals surface area contributed by atoms with Crippen LogP contribution in [0.1, 0.15) is 11.4 Å². The number of halogens is 1. The molecular formula is C8H11BrN2OS. The van der Waals surface area contributed by atoms with E-state index in [1.54, 1.807) is 17.5 Å². The van der Waals surface area contributed by atoms with E-state index in [0.717, 1.165) is 16.8 Å². The van der Waals surface area contributed by atoms with Gasteiger partial charge in [-0.1, -0.05) is 15.9 Å². The third kappa shape index (κ3) is 4.38. The summed E-state index contributed by atoms with van der Waals surface area (Å²) in [5.41, 5.74) is 0. The number of nitrogens with zero attached hydrogens (tertiary/aromatic N) is 1. The van der Waals surface area contributed by atoms with Crippen molar-refractivity contribution < 1.29 is 4.79 Å². The average molecular weight is 263 g/mol. The number of hydrogen-bond donors (Lipinski definition) is 1. The van der Waals surface area contributed by atoms with Crippen molar-refractivity contribution in [1.82, 2.24) is 10.3 Å². The summed E-state index contributed by atoms with van der Waals surface area (Å²) >= 11 is 4.83. The Morgan fingerprint density at radius 1 is 1.69 bits per heavy atom. The van der Waals surface area contributed by atoms with Crippen molar-refractivity contribution >= 4 is 33.2 Å². The Kier molecular flexibility index (Phi) is 5.00. The van der Waals surface area contributed by atoms with Crippen LogP contribution in [0, 0.1) is 0 Å². The third-order valence-electron chi connectivity index (χ3n) is 1.47. The maximum Gasteiger partial charge on any atom is 0.220 e. The van der Waals surface area contributed by atoms with Crippen molar-refractivity contribution in [3.05, 3.63) is 16.6 Å². The Morgan fingerprint density at radius 3 is 3.15 bits per heavy atom. The topological polar surface area (TPSA) is 42.0 Å². The summed E-state index contributed by atoms with van der Waals surface area (Å²) in [5.74, 6) is 0.0911. The van der Waals surface area contributed by atoms with Crippen LogP contribution < -0.4 is 5.32 Å². The minimum atomic E-state index is 0.0911. The first-order valence-corrected chi connectivity index (χ1v) is 6.04. The highest BCUT2D eigenvalue weighted by Crippen LogP contribution is 2.03. The molecular weight excluding hydrogens is 252 g/mol. The second-order valence-corrected chi connectivity index (χ2v) is 4.24. The molecule has 3 nitrogen and oxygen atoms in total. The summed E-state index contributed by atoms with van der Waals surface area (Å²) in [4.78, 5) is 15.1. The summed E-state index contributed by atoms with van der Waals surface area (Å²) in [7, 11) is 0. The van der Waals surface area contributed by atoms with Gasteiger partial charge in [0, 0.05) is 36.3 Å². The SMILES string of the molecule is O=C(CCBr)NCCc1nccs1. The molecule has 5 heteroatoms. The first kappa shape index (κ1) is 10.7. The van der Waals surface area contributed by atoms with Gasteiger partial charge in [-0.25, -0.2) is 4.98 Å². The third-order valence-corrected chi connectivity index (χ3v) is 2.70. The van der Waals surface area contributed by atoms with E-state index in [0.29, 0.717) is 13.0 Å². The highest BCUT2D eigenvalue weighted by Gasteiger charge is 1.99. The molecule has 1 heterocycles. The molecule has 0 bridgehead atoms. The molecule has 1 aromatic heterocycles. The van der Waals surface area contributed by atoms with E-state index in [9.17, 15) is 4.79 Å². The maximum atomic E-state index is 11.0. The van der Waals surface area contributed by atoms with Gasteiger partial charge in [0.1, 0.15) is 0 Å². The van der Waals surface area contributed by atoms with E-state index in [1.165, 1.54) is 0 Å². The Labute approximate surface area is 89.7 Å². The molecule has 0 atom stereocenters. The number of carbonyl (C=O) groups is 1. The van der Waals surface area contributed by atoms with Gasteiger partial charge in [0.2, 0.25) is 5.91 Å². The second kappa shape index (κ2) is 6.10. The molecule has 0 saturated carbocycles. The van der Waals surface area contributed by atoms with Crippen LogP contribution >= 0.6 is 27.3 Å². The van der Waals surface area contributed by atoms with Crippen molar-refractivity contribution in [2.24, 2.45) is 0 Å². The van der Waals surface area contributed by atoms with E-state index in [-0.39, 0.29) is 5.91 Å². The van der Waals surface area contributed by atoms with Gasteiger partial charge in [-0.15, -0.1) is 11.3 Å². The van der Waals surface area contributed by atoms with Crippen LogP contribution in [0.3, 0.4) is 0 Å². The standard InChI is InChI=1S/C8H11BrN2OS/c9-3-1-7(12)10-4-2-8-11-5-6-13-8/h5-6H,1-4H2,(H,10,12). The monoisotopic (exact) mass is 262 g/mol. The zero-order chi connectivity index (χ0) is 9.52. The minimum Gasteiger partial charge on any atom is -0.356 e. The van der Waals surface area contributed by atoms with Gasteiger partial charge >= 0.3 is 0 Å². The average Bonchev–Trinajstić information content (AvgIpc) is 2.57. The van der Waals surface area contributed by atoms with Crippen LogP contribution in [-0.2, 0) is 11.2 Å². The summed E-state index contributed by atoms with van der Waals surface area (Å²) in [6, 6.07) is 0. The Balaban J connectivity index is 2.11. The zero-order valence-electron chi connectivity index (χ0n) is 7.12. The normalized spacial score (nSPS) is 9.92. The number of rotatable bonds is 5. The molecule has 0 fully saturated rings. The van der Waals surface area contributed by atoms with Crippen molar-refractivity contribution in [1.29, 1.82) is 0 Å². The fraction of sp³-hybridized carbons (Fsp3) is 0.500. The highest BCUT2D eigenvalue weighted by atomic mass is 79.9. The molecule has 72 valence electrons. The molecule has 1 rings (SSSR count). The zero-order valence-corrected chi connectivity index (χ0v) is 9.53. The highest BCUT2D eigenvalue weighted by molar-refractivity contribution is 9.09. The molecule has 0 aromatic carbocycles. The quantitative estimate of drug-likeness (QED) is 0.820. The summed E-state index contributed by atoms with van der Waals surface area (Å²) < 4.78 is 0. The van der Waals surface area contributed by atoms with Crippen LogP contribution in [-0.4, -0.2) is 22.8 Å². The first-order valence-electron chi connectivity index (χ1n) is 4.04. The van der Waals surface area contributed by atoms with Gasteiger partial charge in [0.05, 0.1) is 5.01 Å². The van der Waals surface area contributed by atoms with Gasteiger partial charge in [-0.3, -0.25) is 4.79 Å². The fourth-order valence-electron chi connectivity index (χ4n) is 0.859. The van der Waals surface area contributed by atoms with Crippen LogP contribution in [0.2, 0.25) is 0 Å². The molecule has 1 aromatic rings. The van der Waals surface area contributed by atoms with Crippen molar-refractivity contribution in [3.8, 4) is 0 Å². The lowest BCUT2D eigenvalue weighted by molar-refractivity contribution is -0.120. The van der Waals surface area contributed by atoms with Crippen molar-refractivity contribution in [2.45, 2.75) is 12.8 Å². The minimum absolute atomic E-state index is 0.0911. The molecule has 0 aliphatic rings.